The average molecular weight is 482 g/mol. The minimum atomic E-state index is -1.35. The molecule has 2 aromatic carbocycles. The van der Waals surface area contributed by atoms with Gasteiger partial charge in [0.15, 0.2) is 5.60 Å². The van der Waals surface area contributed by atoms with Gasteiger partial charge in [0.1, 0.15) is 13.2 Å². The molecule has 35 heavy (non-hydrogen) atoms. The van der Waals surface area contributed by atoms with Gasteiger partial charge in [0, 0.05) is 13.0 Å². The molecule has 2 unspecified atom stereocenters. The fourth-order valence-electron chi connectivity index (χ4n) is 3.81. The first-order valence-electron chi connectivity index (χ1n) is 12.1. The van der Waals surface area contributed by atoms with Crippen LogP contribution in [-0.2, 0) is 27.3 Å². The predicted molar refractivity (Wildman–Crippen MR) is 134 cm³/mol. The van der Waals surface area contributed by atoms with Crippen LogP contribution in [0.15, 0.2) is 65.7 Å². The molecule has 0 bridgehead atoms. The number of hydrogen-bond acceptors (Lipinski definition) is 6. The Morgan fingerprint density at radius 2 is 1.77 bits per heavy atom. The highest BCUT2D eigenvalue weighted by molar-refractivity contribution is 5.87. The fourth-order valence-corrected chi connectivity index (χ4v) is 3.81. The van der Waals surface area contributed by atoms with Gasteiger partial charge in [-0.3, -0.25) is 4.79 Å². The summed E-state index contributed by atoms with van der Waals surface area (Å²) in [4.78, 5) is 28.7. The molecule has 8 heteroatoms. The van der Waals surface area contributed by atoms with Gasteiger partial charge in [0.25, 0.3) is 0 Å². The van der Waals surface area contributed by atoms with Crippen LogP contribution < -0.4 is 10.6 Å². The maximum Gasteiger partial charge on any atom is 0.407 e. The number of benzene rings is 2. The van der Waals surface area contributed by atoms with Gasteiger partial charge in [0.2, 0.25) is 11.8 Å². The molecule has 1 aliphatic heterocycles. The number of carbonyl (C=O) groups is 2. The van der Waals surface area contributed by atoms with Gasteiger partial charge in [-0.1, -0.05) is 67.6 Å². The zero-order valence-corrected chi connectivity index (χ0v) is 20.2. The van der Waals surface area contributed by atoms with Crippen LogP contribution in [0.5, 0.6) is 0 Å². The number of aliphatic hydroxyl groups is 1. The molecule has 2 atom stereocenters. The van der Waals surface area contributed by atoms with Crippen molar-refractivity contribution in [2.24, 2.45) is 10.9 Å². The Labute approximate surface area is 206 Å². The van der Waals surface area contributed by atoms with Crippen molar-refractivity contribution < 1.29 is 24.2 Å². The number of alkyl carbamates (subject to hydrolysis) is 1. The summed E-state index contributed by atoms with van der Waals surface area (Å²) in [5, 5.41) is 16.8. The minimum Gasteiger partial charge on any atom is -0.477 e. The van der Waals surface area contributed by atoms with Gasteiger partial charge in [-0.2, -0.15) is 0 Å². The van der Waals surface area contributed by atoms with Gasteiger partial charge in [-0.05, 0) is 36.3 Å². The first-order chi connectivity index (χ1) is 16.9. The van der Waals surface area contributed by atoms with E-state index in [1.165, 1.54) is 0 Å². The first-order valence-corrected chi connectivity index (χ1v) is 12.1. The van der Waals surface area contributed by atoms with Crippen LogP contribution in [-0.4, -0.2) is 54.8 Å². The number of aryl methyl sites for hydroxylation is 1. The van der Waals surface area contributed by atoms with Gasteiger partial charge >= 0.3 is 6.09 Å². The Kier molecular flexibility index (Phi) is 10.1. The summed E-state index contributed by atoms with van der Waals surface area (Å²) in [6.45, 7) is 3.56. The molecule has 1 heterocycles. The topological polar surface area (TPSA) is 109 Å². The van der Waals surface area contributed by atoms with E-state index in [1.807, 2.05) is 67.6 Å². The van der Waals surface area contributed by atoms with E-state index >= 15 is 0 Å². The van der Waals surface area contributed by atoms with Crippen LogP contribution in [0.25, 0.3) is 0 Å². The van der Waals surface area contributed by atoms with Crippen molar-refractivity contribution in [2.45, 2.75) is 44.8 Å². The fraction of sp³-hybridized carbons (Fsp3) is 0.444. The summed E-state index contributed by atoms with van der Waals surface area (Å²) >= 11 is 0. The minimum absolute atomic E-state index is 0.0360. The van der Waals surface area contributed by atoms with Crippen molar-refractivity contribution in [3.05, 3.63) is 71.8 Å². The highest BCUT2D eigenvalue weighted by Crippen LogP contribution is 2.20. The molecule has 0 fully saturated rings. The lowest BCUT2D eigenvalue weighted by Crippen LogP contribution is -2.49. The molecule has 0 radical (unpaired) electrons. The van der Waals surface area contributed by atoms with E-state index in [9.17, 15) is 14.7 Å². The number of ether oxygens (including phenoxy) is 2. The molecule has 2 amide bonds. The molecule has 1 aliphatic rings. The summed E-state index contributed by atoms with van der Waals surface area (Å²) in [6.07, 6.45) is 1.45. The van der Waals surface area contributed by atoms with E-state index < -0.39 is 11.7 Å². The number of nitrogens with zero attached hydrogens (tertiary/aromatic N) is 1. The molecule has 188 valence electrons. The quantitative estimate of drug-likeness (QED) is 0.407. The van der Waals surface area contributed by atoms with E-state index in [-0.39, 0.29) is 31.4 Å². The van der Waals surface area contributed by atoms with Crippen LogP contribution in [0.1, 0.15) is 37.3 Å². The number of nitrogens with one attached hydrogen (secondary N) is 2. The molecular weight excluding hydrogens is 446 g/mol. The van der Waals surface area contributed by atoms with Crippen molar-refractivity contribution in [3.8, 4) is 0 Å². The third kappa shape index (κ3) is 9.05. The molecule has 0 spiro atoms. The SMILES string of the molecule is CC(CCNC(=O)OCc1ccccc1)CC(=O)NCC(O)(CCc1ccccc1)C1=NCCO1. The third-order valence-electron chi connectivity index (χ3n) is 5.88. The zero-order chi connectivity index (χ0) is 24.9. The third-order valence-corrected chi connectivity index (χ3v) is 5.88. The lowest BCUT2D eigenvalue weighted by Gasteiger charge is -2.28. The highest BCUT2D eigenvalue weighted by atomic mass is 16.5. The van der Waals surface area contributed by atoms with Crippen LogP contribution in [0.3, 0.4) is 0 Å². The highest BCUT2D eigenvalue weighted by Gasteiger charge is 2.37. The van der Waals surface area contributed by atoms with Crippen molar-refractivity contribution >= 4 is 17.9 Å². The summed E-state index contributed by atoms with van der Waals surface area (Å²) in [7, 11) is 0. The summed E-state index contributed by atoms with van der Waals surface area (Å²) in [6, 6.07) is 19.3. The lowest BCUT2D eigenvalue weighted by molar-refractivity contribution is -0.122. The summed E-state index contributed by atoms with van der Waals surface area (Å²) < 4.78 is 10.7. The first kappa shape index (κ1) is 26.2. The monoisotopic (exact) mass is 481 g/mol. The molecule has 0 saturated heterocycles. The van der Waals surface area contributed by atoms with E-state index in [1.54, 1.807) is 0 Å². The van der Waals surface area contributed by atoms with Crippen molar-refractivity contribution in [1.82, 2.24) is 10.6 Å². The standard InChI is InChI=1S/C27H35N3O5/c1-21(13-15-29-26(32)35-19-23-10-6-3-7-11-23)18-24(31)30-20-27(33,25-28-16-17-34-25)14-12-22-8-4-2-5-9-22/h2-11,21,33H,12-20H2,1H3,(H,29,32)(H,30,31). The molecule has 8 nitrogen and oxygen atoms in total. The summed E-state index contributed by atoms with van der Waals surface area (Å²) in [5.74, 6) is 0.169. The summed E-state index contributed by atoms with van der Waals surface area (Å²) in [5.41, 5.74) is 0.666. The molecule has 3 N–H and O–H groups in total. The Hall–Kier alpha value is -3.39. The lowest BCUT2D eigenvalue weighted by atomic mass is 9.94. The molecule has 0 aliphatic carbocycles. The average Bonchev–Trinajstić information content (AvgIpc) is 3.42. The smallest absolute Gasteiger partial charge is 0.407 e. The zero-order valence-electron chi connectivity index (χ0n) is 20.2. The second-order valence-corrected chi connectivity index (χ2v) is 8.92. The van der Waals surface area contributed by atoms with Gasteiger partial charge in [-0.15, -0.1) is 0 Å². The Morgan fingerprint density at radius 3 is 2.43 bits per heavy atom. The number of amides is 2. The number of hydrogen-bond donors (Lipinski definition) is 3. The largest absolute Gasteiger partial charge is 0.477 e. The van der Waals surface area contributed by atoms with Crippen molar-refractivity contribution in [3.63, 3.8) is 0 Å². The van der Waals surface area contributed by atoms with Gasteiger partial charge < -0.3 is 25.2 Å². The van der Waals surface area contributed by atoms with Crippen LogP contribution in [0, 0.1) is 5.92 Å². The molecule has 0 aromatic heterocycles. The van der Waals surface area contributed by atoms with E-state index in [0.29, 0.717) is 44.9 Å². The van der Waals surface area contributed by atoms with Crippen molar-refractivity contribution in [1.29, 1.82) is 0 Å². The maximum atomic E-state index is 12.5. The van der Waals surface area contributed by atoms with Crippen LogP contribution >= 0.6 is 0 Å². The van der Waals surface area contributed by atoms with Crippen LogP contribution in [0.4, 0.5) is 4.79 Å². The second kappa shape index (κ2) is 13.5. The molecule has 0 saturated carbocycles. The van der Waals surface area contributed by atoms with Gasteiger partial charge in [0.05, 0.1) is 13.1 Å². The molecule has 2 aromatic rings. The predicted octanol–water partition coefficient (Wildman–Crippen LogP) is 3.24. The Bertz CT molecular complexity index is 967. The van der Waals surface area contributed by atoms with Crippen LogP contribution in [0.2, 0.25) is 0 Å². The number of aliphatic imine (C=N–C) groups is 1. The second-order valence-electron chi connectivity index (χ2n) is 8.92. The Balaban J connectivity index is 1.37. The van der Waals surface area contributed by atoms with E-state index in [0.717, 1.165) is 11.1 Å². The Morgan fingerprint density at radius 1 is 1.09 bits per heavy atom. The number of carbonyl (C=O) groups excluding carboxylic acids is 2. The van der Waals surface area contributed by atoms with E-state index in [4.69, 9.17) is 9.47 Å². The number of rotatable bonds is 13. The molecular formula is C27H35N3O5. The van der Waals surface area contributed by atoms with E-state index in [2.05, 4.69) is 15.6 Å². The molecule has 3 rings (SSSR count). The van der Waals surface area contributed by atoms with Gasteiger partial charge in [-0.25, -0.2) is 9.79 Å². The maximum absolute atomic E-state index is 12.5. The van der Waals surface area contributed by atoms with Crippen molar-refractivity contribution in [2.75, 3.05) is 26.2 Å². The normalized spacial score (nSPS) is 15.3.